The van der Waals surface area contributed by atoms with Crippen molar-refractivity contribution in [3.05, 3.63) is 60.7 Å². The van der Waals surface area contributed by atoms with Crippen LogP contribution in [0.4, 0.5) is 17.1 Å². The molecule has 0 unspecified atom stereocenters. The van der Waals surface area contributed by atoms with Crippen molar-refractivity contribution in [1.82, 2.24) is 0 Å². The van der Waals surface area contributed by atoms with E-state index in [1.807, 2.05) is 43.4 Å². The summed E-state index contributed by atoms with van der Waals surface area (Å²) in [5, 5.41) is 18.7. The molecule has 6 nitrogen and oxygen atoms in total. The lowest BCUT2D eigenvalue weighted by Gasteiger charge is -2.07. The lowest BCUT2D eigenvalue weighted by molar-refractivity contribution is 0.598. The Bertz CT molecular complexity index is 1010. The van der Waals surface area contributed by atoms with Crippen molar-refractivity contribution in [1.29, 1.82) is 0 Å². The summed E-state index contributed by atoms with van der Waals surface area (Å²) in [6.07, 6.45) is 0. The molecule has 3 aromatic carbocycles. The first-order valence-electron chi connectivity index (χ1n) is 7.23. The number of hydrogen-bond donors (Lipinski definition) is 2. The summed E-state index contributed by atoms with van der Waals surface area (Å²) < 4.78 is 22.5. The van der Waals surface area contributed by atoms with Gasteiger partial charge in [0.05, 0.1) is 16.3 Å². The Balaban J connectivity index is 1.97. The Hall–Kier alpha value is -2.77. The Kier molecular flexibility index (Phi) is 4.28. The second-order valence-corrected chi connectivity index (χ2v) is 6.73. The fourth-order valence-electron chi connectivity index (χ4n) is 2.40. The second-order valence-electron chi connectivity index (χ2n) is 5.17. The number of hydrogen-bond acceptors (Lipinski definition) is 5. The number of benzene rings is 3. The smallest absolute Gasteiger partial charge is 0.238 e. The molecule has 3 rings (SSSR count). The number of nitrogens with one attached hydrogen (secondary N) is 1. The Labute approximate surface area is 140 Å². The molecule has 0 saturated carbocycles. The number of sulfonamides is 1. The molecule has 3 N–H and O–H groups in total. The van der Waals surface area contributed by atoms with Crippen molar-refractivity contribution >= 4 is 37.9 Å². The highest BCUT2D eigenvalue weighted by atomic mass is 32.2. The molecule has 7 heteroatoms. The molecule has 122 valence electrons. The van der Waals surface area contributed by atoms with Crippen molar-refractivity contribution in [2.24, 2.45) is 15.4 Å². The van der Waals surface area contributed by atoms with Gasteiger partial charge in [-0.2, -0.15) is 5.11 Å². The van der Waals surface area contributed by atoms with E-state index in [9.17, 15) is 8.42 Å². The predicted molar refractivity (Wildman–Crippen MR) is 95.5 cm³/mol. The average molecular weight is 340 g/mol. The number of azo groups is 1. The Morgan fingerprint density at radius 1 is 0.875 bits per heavy atom. The largest absolute Gasteiger partial charge is 0.388 e. The molecule has 0 aliphatic carbocycles. The SMILES string of the molecule is CNc1ccc(N=Nc2ccc(S(N)(=O)=O)cc2)c2ccccc12. The molecule has 0 aliphatic rings. The summed E-state index contributed by atoms with van der Waals surface area (Å²) >= 11 is 0. The molecule has 0 heterocycles. The van der Waals surface area contributed by atoms with E-state index in [4.69, 9.17) is 5.14 Å². The van der Waals surface area contributed by atoms with E-state index >= 15 is 0 Å². The summed E-state index contributed by atoms with van der Waals surface area (Å²) in [6, 6.07) is 17.7. The standard InChI is InChI=1S/C17H16N4O2S/c1-19-16-10-11-17(15-5-3-2-4-14(15)16)21-20-12-6-8-13(9-7-12)24(18,22)23/h2-11,19H,1H3,(H2,18,22,23). The van der Waals surface area contributed by atoms with Crippen LogP contribution >= 0.6 is 0 Å². The minimum atomic E-state index is -3.70. The van der Waals surface area contributed by atoms with Gasteiger partial charge in [0.1, 0.15) is 0 Å². The molecule has 0 bridgehead atoms. The minimum absolute atomic E-state index is 0.0465. The Morgan fingerprint density at radius 3 is 2.17 bits per heavy atom. The molecule has 0 amide bonds. The molecule has 0 saturated heterocycles. The number of nitrogens with zero attached hydrogens (tertiary/aromatic N) is 2. The summed E-state index contributed by atoms with van der Waals surface area (Å²) in [5.74, 6) is 0. The third-order valence-corrected chi connectivity index (χ3v) is 4.54. The third kappa shape index (κ3) is 3.27. The van der Waals surface area contributed by atoms with Crippen molar-refractivity contribution in [2.45, 2.75) is 4.90 Å². The second kappa shape index (κ2) is 6.38. The number of rotatable bonds is 4. The van der Waals surface area contributed by atoms with Crippen LogP contribution < -0.4 is 10.5 Å². The lowest BCUT2D eigenvalue weighted by atomic mass is 10.1. The van der Waals surface area contributed by atoms with Crippen LogP contribution in [0.25, 0.3) is 10.8 Å². The fourth-order valence-corrected chi connectivity index (χ4v) is 2.92. The van der Waals surface area contributed by atoms with E-state index in [0.717, 1.165) is 22.1 Å². The normalized spacial score (nSPS) is 11.9. The van der Waals surface area contributed by atoms with Gasteiger partial charge in [0, 0.05) is 23.5 Å². The molecule has 3 aromatic rings. The van der Waals surface area contributed by atoms with Crippen LogP contribution in [-0.2, 0) is 10.0 Å². The summed E-state index contributed by atoms with van der Waals surface area (Å²) in [4.78, 5) is 0.0465. The third-order valence-electron chi connectivity index (χ3n) is 3.61. The summed E-state index contributed by atoms with van der Waals surface area (Å²) in [7, 11) is -1.83. The van der Waals surface area contributed by atoms with Crippen molar-refractivity contribution in [3.8, 4) is 0 Å². The highest BCUT2D eigenvalue weighted by molar-refractivity contribution is 7.89. The minimum Gasteiger partial charge on any atom is -0.388 e. The number of anilines is 1. The van der Waals surface area contributed by atoms with Crippen molar-refractivity contribution in [3.63, 3.8) is 0 Å². The van der Waals surface area contributed by atoms with Crippen molar-refractivity contribution in [2.75, 3.05) is 12.4 Å². The van der Waals surface area contributed by atoms with Gasteiger partial charge in [0.15, 0.2) is 0 Å². The molecule has 0 atom stereocenters. The molecule has 0 radical (unpaired) electrons. The molecule has 24 heavy (non-hydrogen) atoms. The first-order chi connectivity index (χ1) is 11.5. The van der Waals surface area contributed by atoms with Gasteiger partial charge in [-0.15, -0.1) is 5.11 Å². The van der Waals surface area contributed by atoms with E-state index in [1.165, 1.54) is 12.1 Å². The van der Waals surface area contributed by atoms with Gasteiger partial charge in [-0.25, -0.2) is 13.6 Å². The van der Waals surface area contributed by atoms with E-state index in [-0.39, 0.29) is 4.90 Å². The van der Waals surface area contributed by atoms with Gasteiger partial charge >= 0.3 is 0 Å². The quantitative estimate of drug-likeness (QED) is 0.704. The number of primary sulfonamides is 1. The van der Waals surface area contributed by atoms with E-state index in [0.29, 0.717) is 5.69 Å². The van der Waals surface area contributed by atoms with Gasteiger partial charge < -0.3 is 5.32 Å². The average Bonchev–Trinajstić information content (AvgIpc) is 2.59. The fraction of sp³-hybridized carbons (Fsp3) is 0.0588. The van der Waals surface area contributed by atoms with Gasteiger partial charge in [-0.3, -0.25) is 0 Å². The highest BCUT2D eigenvalue weighted by Crippen LogP contribution is 2.32. The van der Waals surface area contributed by atoms with Crippen LogP contribution in [0, 0.1) is 0 Å². The molecule has 0 aromatic heterocycles. The zero-order valence-electron chi connectivity index (χ0n) is 13.0. The topological polar surface area (TPSA) is 96.9 Å². The maximum atomic E-state index is 11.2. The van der Waals surface area contributed by atoms with Gasteiger partial charge in [-0.05, 0) is 36.4 Å². The van der Waals surface area contributed by atoms with Crippen LogP contribution in [0.5, 0.6) is 0 Å². The molecular weight excluding hydrogens is 324 g/mol. The van der Waals surface area contributed by atoms with Crippen LogP contribution in [0.1, 0.15) is 0 Å². The zero-order chi connectivity index (χ0) is 17.2. The van der Waals surface area contributed by atoms with E-state index < -0.39 is 10.0 Å². The van der Waals surface area contributed by atoms with Crippen LogP contribution in [0.15, 0.2) is 75.8 Å². The molecule has 0 fully saturated rings. The first-order valence-corrected chi connectivity index (χ1v) is 8.78. The van der Waals surface area contributed by atoms with Crippen molar-refractivity contribution < 1.29 is 8.42 Å². The summed E-state index contributed by atoms with van der Waals surface area (Å²) in [6.45, 7) is 0. The summed E-state index contributed by atoms with van der Waals surface area (Å²) in [5.41, 5.74) is 2.30. The maximum Gasteiger partial charge on any atom is 0.238 e. The Morgan fingerprint density at radius 2 is 1.54 bits per heavy atom. The predicted octanol–water partition coefficient (Wildman–Crippen LogP) is 3.94. The van der Waals surface area contributed by atoms with E-state index in [1.54, 1.807) is 12.1 Å². The molecular formula is C17H16N4O2S. The molecule has 0 aliphatic heterocycles. The zero-order valence-corrected chi connectivity index (χ0v) is 13.8. The van der Waals surface area contributed by atoms with Crippen LogP contribution in [0.2, 0.25) is 0 Å². The van der Waals surface area contributed by atoms with Crippen LogP contribution in [-0.4, -0.2) is 15.5 Å². The maximum absolute atomic E-state index is 11.2. The first kappa shape index (κ1) is 16.1. The monoisotopic (exact) mass is 340 g/mol. The number of nitrogens with two attached hydrogens (primary N) is 1. The van der Waals surface area contributed by atoms with E-state index in [2.05, 4.69) is 15.5 Å². The van der Waals surface area contributed by atoms with Gasteiger partial charge in [-0.1, -0.05) is 24.3 Å². The van der Waals surface area contributed by atoms with Gasteiger partial charge in [0.25, 0.3) is 0 Å². The van der Waals surface area contributed by atoms with Crippen LogP contribution in [0.3, 0.4) is 0 Å². The molecule has 0 spiro atoms. The lowest BCUT2D eigenvalue weighted by Crippen LogP contribution is -2.11. The van der Waals surface area contributed by atoms with Gasteiger partial charge in [0.2, 0.25) is 10.0 Å². The number of fused-ring (bicyclic) bond motifs is 1. The highest BCUT2D eigenvalue weighted by Gasteiger charge is 2.07.